The average Bonchev–Trinajstić information content (AvgIpc) is 2.92. The van der Waals surface area contributed by atoms with Gasteiger partial charge in [-0.2, -0.15) is 0 Å². The Morgan fingerprint density at radius 2 is 1.74 bits per heavy atom. The monoisotopic (exact) mass is 315 g/mol. The SMILES string of the molecule is Cc1cc(C)cc(-c2onc(-c3cc(F)ccc3F)c2CO)c1. The summed E-state index contributed by atoms with van der Waals surface area (Å²) in [5.41, 5.74) is 3.20. The maximum Gasteiger partial charge on any atom is 0.173 e. The lowest BCUT2D eigenvalue weighted by Gasteiger charge is -2.05. The first-order valence-corrected chi connectivity index (χ1v) is 7.13. The van der Waals surface area contributed by atoms with Crippen molar-refractivity contribution in [1.29, 1.82) is 0 Å². The molecular weight excluding hydrogens is 300 g/mol. The van der Waals surface area contributed by atoms with Crippen LogP contribution in [0.5, 0.6) is 0 Å². The normalized spacial score (nSPS) is 11.0. The molecule has 0 bridgehead atoms. The van der Waals surface area contributed by atoms with Crippen LogP contribution in [-0.2, 0) is 6.61 Å². The first-order chi connectivity index (χ1) is 11.0. The van der Waals surface area contributed by atoms with Crippen molar-refractivity contribution in [3.8, 4) is 22.6 Å². The molecule has 3 aromatic rings. The van der Waals surface area contributed by atoms with Crippen LogP contribution in [0.1, 0.15) is 16.7 Å². The Balaban J connectivity index is 2.19. The van der Waals surface area contributed by atoms with Gasteiger partial charge in [-0.15, -0.1) is 0 Å². The summed E-state index contributed by atoms with van der Waals surface area (Å²) >= 11 is 0. The van der Waals surface area contributed by atoms with Gasteiger partial charge in [-0.05, 0) is 44.2 Å². The zero-order valence-corrected chi connectivity index (χ0v) is 12.7. The second-order valence-electron chi connectivity index (χ2n) is 5.50. The molecule has 118 valence electrons. The number of rotatable bonds is 3. The molecule has 0 radical (unpaired) electrons. The number of benzene rings is 2. The quantitative estimate of drug-likeness (QED) is 0.779. The number of aromatic nitrogens is 1. The molecule has 0 aliphatic carbocycles. The fraction of sp³-hybridized carbons (Fsp3) is 0.167. The van der Waals surface area contributed by atoms with Crippen molar-refractivity contribution in [3.63, 3.8) is 0 Å². The number of hydrogen-bond acceptors (Lipinski definition) is 3. The Hall–Kier alpha value is -2.53. The number of aliphatic hydroxyl groups is 1. The molecule has 1 heterocycles. The number of hydrogen-bond donors (Lipinski definition) is 1. The average molecular weight is 315 g/mol. The van der Waals surface area contributed by atoms with Crippen LogP contribution in [0.3, 0.4) is 0 Å². The van der Waals surface area contributed by atoms with Crippen LogP contribution in [0.15, 0.2) is 40.9 Å². The van der Waals surface area contributed by atoms with Crippen LogP contribution in [0.4, 0.5) is 8.78 Å². The van der Waals surface area contributed by atoms with E-state index in [1.807, 2.05) is 32.0 Å². The third-order valence-corrected chi connectivity index (χ3v) is 3.61. The molecule has 0 atom stereocenters. The highest BCUT2D eigenvalue weighted by Gasteiger charge is 2.21. The largest absolute Gasteiger partial charge is 0.391 e. The summed E-state index contributed by atoms with van der Waals surface area (Å²) in [5.74, 6) is -0.847. The molecule has 0 saturated heterocycles. The fourth-order valence-corrected chi connectivity index (χ4v) is 2.68. The zero-order valence-electron chi connectivity index (χ0n) is 12.7. The minimum atomic E-state index is -0.624. The Kier molecular flexibility index (Phi) is 3.96. The van der Waals surface area contributed by atoms with Crippen LogP contribution >= 0.6 is 0 Å². The molecule has 0 unspecified atom stereocenters. The first kappa shape index (κ1) is 15.4. The zero-order chi connectivity index (χ0) is 16.6. The van der Waals surface area contributed by atoms with Gasteiger partial charge in [-0.1, -0.05) is 22.3 Å². The summed E-state index contributed by atoms with van der Waals surface area (Å²) in [6.45, 7) is 3.49. The predicted octanol–water partition coefficient (Wildman–Crippen LogP) is 4.40. The fourth-order valence-electron chi connectivity index (χ4n) is 2.68. The number of nitrogens with zero attached hydrogens (tertiary/aromatic N) is 1. The molecule has 0 amide bonds. The van der Waals surface area contributed by atoms with Gasteiger partial charge in [0.25, 0.3) is 0 Å². The van der Waals surface area contributed by atoms with E-state index in [4.69, 9.17) is 4.52 Å². The van der Waals surface area contributed by atoms with E-state index in [1.54, 1.807) is 0 Å². The van der Waals surface area contributed by atoms with Crippen molar-refractivity contribution >= 4 is 0 Å². The van der Waals surface area contributed by atoms with Gasteiger partial charge >= 0.3 is 0 Å². The molecule has 0 saturated carbocycles. The summed E-state index contributed by atoms with van der Waals surface area (Å²) in [6, 6.07) is 8.87. The number of halogens is 2. The van der Waals surface area contributed by atoms with Crippen molar-refractivity contribution in [2.45, 2.75) is 20.5 Å². The van der Waals surface area contributed by atoms with Gasteiger partial charge < -0.3 is 9.63 Å². The van der Waals surface area contributed by atoms with Gasteiger partial charge in [0.1, 0.15) is 17.3 Å². The summed E-state index contributed by atoms with van der Waals surface area (Å²) < 4.78 is 32.7. The van der Waals surface area contributed by atoms with Crippen molar-refractivity contribution in [2.75, 3.05) is 0 Å². The molecule has 0 aliphatic heterocycles. The van der Waals surface area contributed by atoms with Crippen LogP contribution in [-0.4, -0.2) is 10.3 Å². The second-order valence-corrected chi connectivity index (χ2v) is 5.50. The molecule has 0 fully saturated rings. The lowest BCUT2D eigenvalue weighted by Crippen LogP contribution is -1.93. The Morgan fingerprint density at radius 3 is 2.39 bits per heavy atom. The molecule has 0 aliphatic rings. The Bertz CT molecular complexity index is 851. The molecule has 23 heavy (non-hydrogen) atoms. The minimum Gasteiger partial charge on any atom is -0.391 e. The Morgan fingerprint density at radius 1 is 1.04 bits per heavy atom. The van der Waals surface area contributed by atoms with Gasteiger partial charge in [0.05, 0.1) is 12.2 Å². The van der Waals surface area contributed by atoms with E-state index in [0.29, 0.717) is 11.3 Å². The van der Waals surface area contributed by atoms with E-state index in [2.05, 4.69) is 5.16 Å². The number of aliphatic hydroxyl groups excluding tert-OH is 1. The lowest BCUT2D eigenvalue weighted by molar-refractivity contribution is 0.281. The third-order valence-electron chi connectivity index (χ3n) is 3.61. The molecule has 3 nitrogen and oxygen atoms in total. The highest BCUT2D eigenvalue weighted by atomic mass is 19.1. The van der Waals surface area contributed by atoms with Gasteiger partial charge in [-0.3, -0.25) is 0 Å². The molecule has 0 spiro atoms. The summed E-state index contributed by atoms with van der Waals surface area (Å²) in [4.78, 5) is 0. The molecule has 5 heteroatoms. The van der Waals surface area contributed by atoms with Crippen LogP contribution in [0.2, 0.25) is 0 Å². The smallest absolute Gasteiger partial charge is 0.173 e. The molecule has 2 aromatic carbocycles. The molecule has 1 N–H and O–H groups in total. The van der Waals surface area contributed by atoms with Gasteiger partial charge in [0.2, 0.25) is 0 Å². The number of aryl methyl sites for hydroxylation is 2. The Labute approximate surface area is 132 Å². The van der Waals surface area contributed by atoms with E-state index in [0.717, 1.165) is 34.9 Å². The van der Waals surface area contributed by atoms with Gasteiger partial charge in [0.15, 0.2) is 5.76 Å². The maximum absolute atomic E-state index is 14.0. The topological polar surface area (TPSA) is 46.3 Å². The second kappa shape index (κ2) is 5.93. The maximum atomic E-state index is 14.0. The lowest BCUT2D eigenvalue weighted by atomic mass is 10.00. The van der Waals surface area contributed by atoms with E-state index >= 15 is 0 Å². The third kappa shape index (κ3) is 2.87. The highest BCUT2D eigenvalue weighted by Crippen LogP contribution is 2.34. The van der Waals surface area contributed by atoms with Crippen LogP contribution < -0.4 is 0 Å². The molecule has 3 rings (SSSR count). The summed E-state index contributed by atoms with van der Waals surface area (Å²) in [7, 11) is 0. The minimum absolute atomic E-state index is 0.0339. The van der Waals surface area contributed by atoms with Gasteiger partial charge in [0, 0.05) is 11.1 Å². The first-order valence-electron chi connectivity index (χ1n) is 7.13. The summed E-state index contributed by atoms with van der Waals surface area (Å²) in [5, 5.41) is 13.5. The van der Waals surface area contributed by atoms with Crippen LogP contribution in [0.25, 0.3) is 22.6 Å². The molecule has 1 aromatic heterocycles. The predicted molar refractivity (Wildman–Crippen MR) is 82.7 cm³/mol. The highest BCUT2D eigenvalue weighted by molar-refractivity contribution is 5.73. The van der Waals surface area contributed by atoms with E-state index in [1.165, 1.54) is 0 Å². The van der Waals surface area contributed by atoms with Crippen molar-refractivity contribution in [1.82, 2.24) is 5.16 Å². The van der Waals surface area contributed by atoms with Crippen molar-refractivity contribution in [2.24, 2.45) is 0 Å². The summed E-state index contributed by atoms with van der Waals surface area (Å²) in [6.07, 6.45) is 0. The van der Waals surface area contributed by atoms with Gasteiger partial charge in [-0.25, -0.2) is 8.78 Å². The van der Waals surface area contributed by atoms with Crippen LogP contribution in [0, 0.1) is 25.5 Å². The van der Waals surface area contributed by atoms with E-state index in [9.17, 15) is 13.9 Å². The molecular formula is C18H15F2NO2. The standard InChI is InChI=1S/C18H15F2NO2/c1-10-5-11(2)7-12(6-10)18-15(9-22)17(21-23-18)14-8-13(19)3-4-16(14)20/h3-8,22H,9H2,1-2H3. The van der Waals surface area contributed by atoms with Crippen molar-refractivity contribution < 1.29 is 18.4 Å². The van der Waals surface area contributed by atoms with Crippen molar-refractivity contribution in [3.05, 3.63) is 64.7 Å². The van der Waals surface area contributed by atoms with E-state index in [-0.39, 0.29) is 11.3 Å². The van der Waals surface area contributed by atoms with E-state index < -0.39 is 18.2 Å².